The van der Waals surface area contributed by atoms with E-state index < -0.39 is 5.97 Å². The fourth-order valence-corrected chi connectivity index (χ4v) is 3.03. The van der Waals surface area contributed by atoms with E-state index in [9.17, 15) is 14.7 Å². The number of carbonyl (C=O) groups is 2. The van der Waals surface area contributed by atoms with Gasteiger partial charge in [-0.15, -0.1) is 0 Å². The van der Waals surface area contributed by atoms with Crippen molar-refractivity contribution >= 4 is 11.9 Å². The normalized spacial score (nSPS) is 11.9. The molecule has 2 N–H and O–H groups in total. The van der Waals surface area contributed by atoms with Gasteiger partial charge in [0.1, 0.15) is 18.0 Å². The van der Waals surface area contributed by atoms with Crippen molar-refractivity contribution in [2.24, 2.45) is 0 Å². The van der Waals surface area contributed by atoms with Crippen molar-refractivity contribution in [3.8, 4) is 5.75 Å². The van der Waals surface area contributed by atoms with Crippen LogP contribution >= 0.6 is 0 Å². The highest BCUT2D eigenvalue weighted by Gasteiger charge is 2.15. The Kier molecular flexibility index (Phi) is 12.2. The van der Waals surface area contributed by atoms with E-state index in [-0.39, 0.29) is 18.7 Å². The number of aliphatic hydroxyl groups excluding tert-OH is 1. The lowest BCUT2D eigenvalue weighted by Crippen LogP contribution is -2.32. The van der Waals surface area contributed by atoms with E-state index in [2.05, 4.69) is 18.8 Å². The minimum atomic E-state index is -0.435. The highest BCUT2D eigenvalue weighted by molar-refractivity contribution is 5.92. The van der Waals surface area contributed by atoms with E-state index in [1.165, 1.54) is 19.1 Å². The summed E-state index contributed by atoms with van der Waals surface area (Å²) < 4.78 is 10.0. The lowest BCUT2D eigenvalue weighted by Gasteiger charge is -2.20. The van der Waals surface area contributed by atoms with Crippen molar-refractivity contribution in [2.45, 2.75) is 45.2 Å². The minimum absolute atomic E-state index is 0.0704. The molecule has 166 valence electrons. The molecule has 0 bridgehead atoms. The number of ether oxygens (including phenoxy) is 2. The Morgan fingerprint density at radius 3 is 2.70 bits per heavy atom. The van der Waals surface area contributed by atoms with Crippen molar-refractivity contribution in [2.75, 3.05) is 27.5 Å². The number of hydrogen-bond donors (Lipinski definition) is 2. The first kappa shape index (κ1) is 25.4. The van der Waals surface area contributed by atoms with E-state index in [1.807, 2.05) is 6.07 Å². The van der Waals surface area contributed by atoms with E-state index in [0.29, 0.717) is 30.8 Å². The molecule has 1 aromatic rings. The van der Waals surface area contributed by atoms with Crippen molar-refractivity contribution in [1.82, 2.24) is 10.2 Å². The van der Waals surface area contributed by atoms with Gasteiger partial charge in [0, 0.05) is 25.6 Å². The lowest BCUT2D eigenvalue weighted by molar-refractivity contribution is -0.134. The van der Waals surface area contributed by atoms with Crippen LogP contribution in [-0.2, 0) is 16.1 Å². The first-order chi connectivity index (χ1) is 14.5. The van der Waals surface area contributed by atoms with E-state index >= 15 is 0 Å². The van der Waals surface area contributed by atoms with Crippen LogP contribution in [-0.4, -0.2) is 55.4 Å². The van der Waals surface area contributed by atoms with Gasteiger partial charge in [-0.05, 0) is 37.0 Å². The Morgan fingerprint density at radius 2 is 2.10 bits per heavy atom. The summed E-state index contributed by atoms with van der Waals surface area (Å²) in [5.41, 5.74) is 1.35. The van der Waals surface area contributed by atoms with Crippen LogP contribution in [0.15, 0.2) is 43.0 Å². The number of amides is 1. The predicted molar refractivity (Wildman–Crippen MR) is 117 cm³/mol. The van der Waals surface area contributed by atoms with Crippen molar-refractivity contribution < 1.29 is 24.2 Å². The average molecular weight is 419 g/mol. The van der Waals surface area contributed by atoms with Gasteiger partial charge in [0.05, 0.1) is 14.2 Å². The zero-order valence-corrected chi connectivity index (χ0v) is 18.2. The second-order valence-electron chi connectivity index (χ2n) is 6.83. The molecule has 1 atom stereocenters. The molecule has 0 heterocycles. The number of rotatable bonds is 14. The highest BCUT2D eigenvalue weighted by atomic mass is 16.5. The van der Waals surface area contributed by atoms with Gasteiger partial charge in [0.15, 0.2) is 0 Å². The van der Waals surface area contributed by atoms with Gasteiger partial charge in [0.2, 0.25) is 5.91 Å². The Hall–Kier alpha value is -2.64. The Bertz CT molecular complexity index is 718. The monoisotopic (exact) mass is 418 g/mol. The molecule has 0 aliphatic heterocycles. The molecular weight excluding hydrogens is 384 g/mol. The van der Waals surface area contributed by atoms with Gasteiger partial charge in [-0.3, -0.25) is 4.79 Å². The molecule has 1 amide bonds. The van der Waals surface area contributed by atoms with Crippen LogP contribution in [0.5, 0.6) is 5.75 Å². The largest absolute Gasteiger partial charge is 0.496 e. The predicted octanol–water partition coefficient (Wildman–Crippen LogP) is 3.04. The van der Waals surface area contributed by atoms with Gasteiger partial charge >= 0.3 is 5.97 Å². The summed E-state index contributed by atoms with van der Waals surface area (Å²) in [7, 11) is 2.86. The fraction of sp³-hybridized carbons (Fsp3) is 0.478. The molecule has 1 aromatic carbocycles. The summed E-state index contributed by atoms with van der Waals surface area (Å²) in [5, 5.41) is 12.8. The van der Waals surface area contributed by atoms with Crippen molar-refractivity contribution in [1.29, 1.82) is 0 Å². The minimum Gasteiger partial charge on any atom is -0.496 e. The maximum atomic E-state index is 12.2. The van der Waals surface area contributed by atoms with Crippen LogP contribution < -0.4 is 10.1 Å². The standard InChI is InChI=1S/C23H34N2O5/c1-5-7-8-14-25(17-26)22(27)11-9-10-19(6-2)24-16-18-12-13-21(29-3)20(15-18)23(28)30-4/h5,7-8,12-13,15,19,24,26H,1,6,9-11,14,16-17H2,2-4H3/b8-7+. The number of nitrogens with zero attached hydrogens (tertiary/aromatic N) is 1. The Labute approximate surface area is 179 Å². The summed E-state index contributed by atoms with van der Waals surface area (Å²) in [5.74, 6) is -0.0258. The highest BCUT2D eigenvalue weighted by Crippen LogP contribution is 2.21. The third-order valence-electron chi connectivity index (χ3n) is 4.82. The molecule has 0 saturated carbocycles. The topological polar surface area (TPSA) is 88.1 Å². The summed E-state index contributed by atoms with van der Waals surface area (Å²) in [6.07, 6.45) is 8.03. The molecule has 1 unspecified atom stereocenters. The number of nitrogens with one attached hydrogen (secondary N) is 1. The SMILES string of the molecule is C=C/C=C/CN(CO)C(=O)CCCC(CC)NCc1ccc(OC)c(C(=O)OC)c1. The smallest absolute Gasteiger partial charge is 0.341 e. The number of benzene rings is 1. The molecule has 0 spiro atoms. The first-order valence-electron chi connectivity index (χ1n) is 10.1. The van der Waals surface area contributed by atoms with Crippen LogP contribution in [0.25, 0.3) is 0 Å². The second kappa shape index (κ2) is 14.4. The Morgan fingerprint density at radius 1 is 1.33 bits per heavy atom. The number of carbonyl (C=O) groups excluding carboxylic acids is 2. The fourth-order valence-electron chi connectivity index (χ4n) is 3.03. The van der Waals surface area contributed by atoms with Gasteiger partial charge < -0.3 is 24.8 Å². The molecule has 30 heavy (non-hydrogen) atoms. The van der Waals surface area contributed by atoms with Crippen LogP contribution in [0.3, 0.4) is 0 Å². The number of aliphatic hydroxyl groups is 1. The van der Waals surface area contributed by atoms with Crippen LogP contribution in [0.4, 0.5) is 0 Å². The number of hydrogen-bond acceptors (Lipinski definition) is 6. The molecular formula is C23H34N2O5. The third kappa shape index (κ3) is 8.39. The second-order valence-corrected chi connectivity index (χ2v) is 6.83. The third-order valence-corrected chi connectivity index (χ3v) is 4.82. The lowest BCUT2D eigenvalue weighted by atomic mass is 10.1. The molecule has 0 aliphatic carbocycles. The number of allylic oxidation sites excluding steroid dienone is 2. The molecule has 0 radical (unpaired) electrons. The molecule has 0 aromatic heterocycles. The summed E-state index contributed by atoms with van der Waals surface area (Å²) in [6, 6.07) is 5.67. The van der Waals surface area contributed by atoms with Gasteiger partial charge in [0.25, 0.3) is 0 Å². The van der Waals surface area contributed by atoms with Crippen molar-refractivity contribution in [3.05, 3.63) is 54.1 Å². The van der Waals surface area contributed by atoms with E-state index in [1.54, 1.807) is 30.4 Å². The molecule has 1 rings (SSSR count). The first-order valence-corrected chi connectivity index (χ1v) is 10.1. The Balaban J connectivity index is 2.55. The zero-order valence-electron chi connectivity index (χ0n) is 18.2. The molecule has 0 saturated heterocycles. The van der Waals surface area contributed by atoms with Gasteiger partial charge in [-0.2, -0.15) is 0 Å². The summed E-state index contributed by atoms with van der Waals surface area (Å²) >= 11 is 0. The van der Waals surface area contributed by atoms with Crippen molar-refractivity contribution in [3.63, 3.8) is 0 Å². The molecule has 0 aliphatic rings. The quantitative estimate of drug-likeness (QED) is 0.274. The molecule has 7 nitrogen and oxygen atoms in total. The maximum Gasteiger partial charge on any atom is 0.341 e. The van der Waals surface area contributed by atoms with Crippen LogP contribution in [0, 0.1) is 0 Å². The molecule has 7 heteroatoms. The summed E-state index contributed by atoms with van der Waals surface area (Å²) in [4.78, 5) is 25.6. The zero-order chi connectivity index (χ0) is 22.4. The van der Waals surface area contributed by atoms with Gasteiger partial charge in [-0.1, -0.05) is 37.8 Å². The van der Waals surface area contributed by atoms with Crippen LogP contribution in [0.1, 0.15) is 48.5 Å². The number of esters is 1. The van der Waals surface area contributed by atoms with E-state index in [0.717, 1.165) is 24.8 Å². The number of methoxy groups -OCH3 is 2. The van der Waals surface area contributed by atoms with E-state index in [4.69, 9.17) is 9.47 Å². The summed E-state index contributed by atoms with van der Waals surface area (Å²) in [6.45, 7) is 6.34. The van der Waals surface area contributed by atoms with Crippen LogP contribution in [0.2, 0.25) is 0 Å². The average Bonchev–Trinajstić information content (AvgIpc) is 2.78. The maximum absolute atomic E-state index is 12.2. The molecule has 0 fully saturated rings. The van der Waals surface area contributed by atoms with Gasteiger partial charge in [-0.25, -0.2) is 4.79 Å².